The summed E-state index contributed by atoms with van der Waals surface area (Å²) in [6.07, 6.45) is 0.717. The van der Waals surface area contributed by atoms with Gasteiger partial charge in [-0.1, -0.05) is 0 Å². The highest BCUT2D eigenvalue weighted by atomic mass is 19.1. The Morgan fingerprint density at radius 2 is 2.19 bits per heavy atom. The Labute approximate surface area is 92.9 Å². The van der Waals surface area contributed by atoms with Crippen molar-refractivity contribution in [1.29, 1.82) is 0 Å². The van der Waals surface area contributed by atoms with E-state index >= 15 is 0 Å². The summed E-state index contributed by atoms with van der Waals surface area (Å²) >= 11 is 0. The van der Waals surface area contributed by atoms with E-state index in [1.807, 2.05) is 6.07 Å². The molecular formula is C12H14FNO2. The molecule has 2 N–H and O–H groups in total. The highest BCUT2D eigenvalue weighted by Crippen LogP contribution is 2.20. The zero-order valence-electron chi connectivity index (χ0n) is 8.87. The van der Waals surface area contributed by atoms with Gasteiger partial charge >= 0.3 is 0 Å². The van der Waals surface area contributed by atoms with Crippen LogP contribution in [0.4, 0.5) is 4.39 Å². The first kappa shape index (κ1) is 11.1. The van der Waals surface area contributed by atoms with E-state index in [1.165, 1.54) is 12.1 Å². The fraction of sp³-hybridized carbons (Fsp3) is 0.333. The summed E-state index contributed by atoms with van der Waals surface area (Å²) in [7, 11) is 0. The summed E-state index contributed by atoms with van der Waals surface area (Å²) < 4.78 is 18.4. The molecule has 0 fully saturated rings. The highest BCUT2D eigenvalue weighted by molar-refractivity contribution is 5.77. The van der Waals surface area contributed by atoms with Crippen molar-refractivity contribution in [2.45, 2.75) is 13.0 Å². The van der Waals surface area contributed by atoms with Gasteiger partial charge in [0.2, 0.25) is 0 Å². The van der Waals surface area contributed by atoms with E-state index in [4.69, 9.17) is 9.52 Å². The summed E-state index contributed by atoms with van der Waals surface area (Å²) in [5.74, 6) is 0.520. The number of aliphatic hydroxyl groups excluding tert-OH is 1. The van der Waals surface area contributed by atoms with Gasteiger partial charge in [-0.15, -0.1) is 0 Å². The summed E-state index contributed by atoms with van der Waals surface area (Å²) in [5.41, 5.74) is 0.695. The minimum absolute atomic E-state index is 0.179. The SMILES string of the molecule is OCCCNCc1cc2cc(F)ccc2o1. The molecule has 3 nitrogen and oxygen atoms in total. The number of halogens is 1. The van der Waals surface area contributed by atoms with Gasteiger partial charge in [0.05, 0.1) is 6.54 Å². The second-order valence-corrected chi connectivity index (χ2v) is 3.65. The van der Waals surface area contributed by atoms with Crippen molar-refractivity contribution in [1.82, 2.24) is 5.32 Å². The first-order valence-corrected chi connectivity index (χ1v) is 5.29. The predicted octanol–water partition coefficient (Wildman–Crippen LogP) is 2.04. The van der Waals surface area contributed by atoms with Crippen LogP contribution in [0.5, 0.6) is 0 Å². The number of rotatable bonds is 5. The van der Waals surface area contributed by atoms with Crippen molar-refractivity contribution in [3.05, 3.63) is 35.8 Å². The van der Waals surface area contributed by atoms with E-state index < -0.39 is 0 Å². The fourth-order valence-corrected chi connectivity index (χ4v) is 1.57. The van der Waals surface area contributed by atoms with Crippen LogP contribution in [-0.2, 0) is 6.54 Å². The number of nitrogens with one attached hydrogen (secondary N) is 1. The van der Waals surface area contributed by atoms with Gasteiger partial charge in [-0.2, -0.15) is 0 Å². The van der Waals surface area contributed by atoms with Crippen molar-refractivity contribution >= 4 is 11.0 Å². The molecule has 86 valence electrons. The van der Waals surface area contributed by atoms with Gasteiger partial charge in [0.25, 0.3) is 0 Å². The lowest BCUT2D eigenvalue weighted by molar-refractivity contribution is 0.285. The molecule has 1 aromatic carbocycles. The monoisotopic (exact) mass is 223 g/mol. The number of hydrogen-bond donors (Lipinski definition) is 2. The average molecular weight is 223 g/mol. The Balaban J connectivity index is 2.02. The Bertz CT molecular complexity index is 467. The molecule has 0 aliphatic rings. The van der Waals surface area contributed by atoms with Gasteiger partial charge in [0.1, 0.15) is 17.2 Å². The third-order valence-corrected chi connectivity index (χ3v) is 2.34. The molecule has 0 saturated carbocycles. The van der Waals surface area contributed by atoms with Crippen LogP contribution >= 0.6 is 0 Å². The van der Waals surface area contributed by atoms with Crippen LogP contribution in [0.25, 0.3) is 11.0 Å². The second kappa shape index (κ2) is 5.09. The van der Waals surface area contributed by atoms with Crippen molar-refractivity contribution in [3.8, 4) is 0 Å². The molecule has 0 bridgehead atoms. The Hall–Kier alpha value is -1.39. The lowest BCUT2D eigenvalue weighted by Gasteiger charge is -1.99. The minimum atomic E-state index is -0.256. The topological polar surface area (TPSA) is 45.4 Å². The smallest absolute Gasteiger partial charge is 0.134 e. The molecule has 2 aromatic rings. The molecule has 0 aliphatic carbocycles. The fourth-order valence-electron chi connectivity index (χ4n) is 1.57. The van der Waals surface area contributed by atoms with Gasteiger partial charge < -0.3 is 14.8 Å². The second-order valence-electron chi connectivity index (χ2n) is 3.65. The van der Waals surface area contributed by atoms with E-state index in [0.29, 0.717) is 12.1 Å². The van der Waals surface area contributed by atoms with Crippen LogP contribution in [0.3, 0.4) is 0 Å². The quantitative estimate of drug-likeness (QED) is 0.762. The number of fused-ring (bicyclic) bond motifs is 1. The van der Waals surface area contributed by atoms with Gasteiger partial charge in [-0.25, -0.2) is 4.39 Å². The molecule has 2 rings (SSSR count). The van der Waals surface area contributed by atoms with Gasteiger partial charge in [0, 0.05) is 12.0 Å². The summed E-state index contributed by atoms with van der Waals surface area (Å²) in [5, 5.41) is 12.5. The molecule has 0 spiro atoms. The van der Waals surface area contributed by atoms with E-state index in [1.54, 1.807) is 6.07 Å². The van der Waals surface area contributed by atoms with Gasteiger partial charge in [-0.05, 0) is 37.2 Å². The van der Waals surface area contributed by atoms with Crippen molar-refractivity contribution in [3.63, 3.8) is 0 Å². The zero-order valence-corrected chi connectivity index (χ0v) is 8.87. The Morgan fingerprint density at radius 3 is 3.00 bits per heavy atom. The molecule has 1 aromatic heterocycles. The van der Waals surface area contributed by atoms with E-state index in [-0.39, 0.29) is 12.4 Å². The number of furan rings is 1. The number of hydrogen-bond acceptors (Lipinski definition) is 3. The van der Waals surface area contributed by atoms with E-state index in [9.17, 15) is 4.39 Å². The van der Waals surface area contributed by atoms with Crippen LogP contribution in [0, 0.1) is 5.82 Å². The third-order valence-electron chi connectivity index (χ3n) is 2.34. The lowest BCUT2D eigenvalue weighted by atomic mass is 10.2. The standard InChI is InChI=1S/C12H14FNO2/c13-10-2-3-12-9(6-10)7-11(16-12)8-14-4-1-5-15/h2-3,6-7,14-15H,1,4-5,8H2. The Morgan fingerprint density at radius 1 is 1.31 bits per heavy atom. The molecule has 1 heterocycles. The van der Waals surface area contributed by atoms with Crippen LogP contribution < -0.4 is 5.32 Å². The minimum Gasteiger partial charge on any atom is -0.460 e. The maximum Gasteiger partial charge on any atom is 0.134 e. The van der Waals surface area contributed by atoms with Crippen molar-refractivity contribution in [2.24, 2.45) is 0 Å². The van der Waals surface area contributed by atoms with Gasteiger partial charge in [-0.3, -0.25) is 0 Å². The van der Waals surface area contributed by atoms with Crippen LogP contribution in [-0.4, -0.2) is 18.3 Å². The van der Waals surface area contributed by atoms with Crippen molar-refractivity contribution in [2.75, 3.05) is 13.2 Å². The Kier molecular flexibility index (Phi) is 3.54. The van der Waals surface area contributed by atoms with Crippen LogP contribution in [0.2, 0.25) is 0 Å². The average Bonchev–Trinajstić information content (AvgIpc) is 2.66. The normalized spacial score (nSPS) is 11.1. The van der Waals surface area contributed by atoms with E-state index in [0.717, 1.165) is 24.1 Å². The lowest BCUT2D eigenvalue weighted by Crippen LogP contribution is -2.15. The molecular weight excluding hydrogens is 209 g/mol. The molecule has 0 aliphatic heterocycles. The molecule has 0 unspecified atom stereocenters. The number of benzene rings is 1. The van der Waals surface area contributed by atoms with Crippen LogP contribution in [0.15, 0.2) is 28.7 Å². The predicted molar refractivity (Wildman–Crippen MR) is 59.6 cm³/mol. The first-order chi connectivity index (χ1) is 7.79. The molecule has 0 atom stereocenters. The maximum absolute atomic E-state index is 12.9. The first-order valence-electron chi connectivity index (χ1n) is 5.29. The zero-order chi connectivity index (χ0) is 11.4. The molecule has 0 amide bonds. The van der Waals surface area contributed by atoms with Gasteiger partial charge in [0.15, 0.2) is 0 Å². The summed E-state index contributed by atoms with van der Waals surface area (Å²) in [4.78, 5) is 0. The maximum atomic E-state index is 12.9. The molecule has 4 heteroatoms. The van der Waals surface area contributed by atoms with Crippen molar-refractivity contribution < 1.29 is 13.9 Å². The van der Waals surface area contributed by atoms with Crippen LogP contribution in [0.1, 0.15) is 12.2 Å². The largest absolute Gasteiger partial charge is 0.460 e. The summed E-state index contributed by atoms with van der Waals surface area (Å²) in [6.45, 7) is 1.51. The van der Waals surface area contributed by atoms with E-state index in [2.05, 4.69) is 5.32 Å². The molecule has 0 saturated heterocycles. The molecule has 0 radical (unpaired) electrons. The number of aliphatic hydroxyl groups is 1. The summed E-state index contributed by atoms with van der Waals surface area (Å²) in [6, 6.07) is 6.29. The molecule has 16 heavy (non-hydrogen) atoms. The highest BCUT2D eigenvalue weighted by Gasteiger charge is 2.03. The third kappa shape index (κ3) is 2.59.